The Morgan fingerprint density at radius 1 is 1.53 bits per heavy atom. The fourth-order valence-electron chi connectivity index (χ4n) is 1.09. The standard InChI is InChI=1S/C11H12FNO4/c1-6(10(13)14)5-17-9-4-7(12)2-3-8(9)11(15)16/h2-4,6H,5H2,1H3,(H2,13,14)(H,15,16). The maximum absolute atomic E-state index is 12.9. The van der Waals surface area contributed by atoms with Crippen LogP contribution in [0.5, 0.6) is 5.75 Å². The van der Waals surface area contributed by atoms with Gasteiger partial charge in [-0.2, -0.15) is 0 Å². The minimum atomic E-state index is -1.23. The Kier molecular flexibility index (Phi) is 4.03. The van der Waals surface area contributed by atoms with Gasteiger partial charge in [-0.3, -0.25) is 4.79 Å². The molecule has 17 heavy (non-hydrogen) atoms. The van der Waals surface area contributed by atoms with Crippen LogP contribution in [0.3, 0.4) is 0 Å². The van der Waals surface area contributed by atoms with E-state index in [1.807, 2.05) is 0 Å². The third-order valence-electron chi connectivity index (χ3n) is 2.15. The van der Waals surface area contributed by atoms with Crippen molar-refractivity contribution in [1.82, 2.24) is 0 Å². The number of carboxylic acid groups (broad SMARTS) is 1. The summed E-state index contributed by atoms with van der Waals surface area (Å²) in [5.41, 5.74) is 4.85. The number of nitrogens with two attached hydrogens (primary N) is 1. The number of rotatable bonds is 5. The van der Waals surface area contributed by atoms with Gasteiger partial charge in [0.05, 0.1) is 12.5 Å². The van der Waals surface area contributed by atoms with Gasteiger partial charge in [0, 0.05) is 6.07 Å². The predicted octanol–water partition coefficient (Wildman–Crippen LogP) is 1.02. The third kappa shape index (κ3) is 3.44. The van der Waals surface area contributed by atoms with E-state index in [1.54, 1.807) is 0 Å². The molecule has 0 aliphatic rings. The lowest BCUT2D eigenvalue weighted by molar-refractivity contribution is -0.122. The van der Waals surface area contributed by atoms with Gasteiger partial charge >= 0.3 is 5.97 Å². The lowest BCUT2D eigenvalue weighted by Gasteiger charge is -2.11. The molecule has 0 saturated carbocycles. The van der Waals surface area contributed by atoms with Gasteiger partial charge in [-0.05, 0) is 12.1 Å². The smallest absolute Gasteiger partial charge is 0.339 e. The van der Waals surface area contributed by atoms with Gasteiger partial charge in [-0.25, -0.2) is 9.18 Å². The van der Waals surface area contributed by atoms with Crippen molar-refractivity contribution >= 4 is 11.9 Å². The molecule has 0 heterocycles. The normalized spacial score (nSPS) is 11.9. The van der Waals surface area contributed by atoms with Crippen LogP contribution in [0.1, 0.15) is 17.3 Å². The molecule has 1 amide bonds. The van der Waals surface area contributed by atoms with E-state index in [2.05, 4.69) is 0 Å². The monoisotopic (exact) mass is 241 g/mol. The van der Waals surface area contributed by atoms with Crippen LogP contribution in [-0.4, -0.2) is 23.6 Å². The molecule has 0 aliphatic heterocycles. The van der Waals surface area contributed by atoms with Crippen LogP contribution in [0.4, 0.5) is 4.39 Å². The molecular weight excluding hydrogens is 229 g/mol. The minimum absolute atomic E-state index is 0.0981. The van der Waals surface area contributed by atoms with Crippen LogP contribution in [0.2, 0.25) is 0 Å². The molecule has 0 spiro atoms. The van der Waals surface area contributed by atoms with Crippen molar-refractivity contribution in [1.29, 1.82) is 0 Å². The predicted molar refractivity (Wildman–Crippen MR) is 57.2 cm³/mol. The van der Waals surface area contributed by atoms with E-state index in [0.29, 0.717) is 0 Å². The number of hydrogen-bond acceptors (Lipinski definition) is 3. The van der Waals surface area contributed by atoms with E-state index >= 15 is 0 Å². The number of carbonyl (C=O) groups is 2. The van der Waals surface area contributed by atoms with E-state index in [9.17, 15) is 14.0 Å². The summed E-state index contributed by atoms with van der Waals surface area (Å²) in [7, 11) is 0. The Morgan fingerprint density at radius 2 is 2.18 bits per heavy atom. The average molecular weight is 241 g/mol. The zero-order valence-electron chi connectivity index (χ0n) is 9.14. The van der Waals surface area contributed by atoms with Gasteiger partial charge in [-0.15, -0.1) is 0 Å². The van der Waals surface area contributed by atoms with Crippen LogP contribution in [-0.2, 0) is 4.79 Å². The Labute approximate surface area is 97.0 Å². The number of halogens is 1. The highest BCUT2D eigenvalue weighted by molar-refractivity contribution is 5.90. The summed E-state index contributed by atoms with van der Waals surface area (Å²) in [4.78, 5) is 21.6. The number of ether oxygens (including phenoxy) is 1. The second kappa shape index (κ2) is 5.29. The zero-order valence-corrected chi connectivity index (χ0v) is 9.14. The molecule has 1 aromatic carbocycles. The van der Waals surface area contributed by atoms with E-state index in [4.69, 9.17) is 15.6 Å². The van der Waals surface area contributed by atoms with Crippen LogP contribution in [0.25, 0.3) is 0 Å². The molecule has 3 N–H and O–H groups in total. The summed E-state index contributed by atoms with van der Waals surface area (Å²) in [6.45, 7) is 1.43. The SMILES string of the molecule is CC(COc1cc(F)ccc1C(=O)O)C(N)=O. The number of primary amides is 1. The molecule has 0 aliphatic carbocycles. The van der Waals surface area contributed by atoms with Crippen molar-refractivity contribution < 1.29 is 23.8 Å². The van der Waals surface area contributed by atoms with Crippen LogP contribution in [0, 0.1) is 11.7 Å². The van der Waals surface area contributed by atoms with Crippen molar-refractivity contribution in [2.45, 2.75) is 6.92 Å². The number of amides is 1. The number of aromatic carboxylic acids is 1. The Morgan fingerprint density at radius 3 is 2.71 bits per heavy atom. The summed E-state index contributed by atoms with van der Waals surface area (Å²) < 4.78 is 18.0. The van der Waals surface area contributed by atoms with Crippen molar-refractivity contribution in [2.75, 3.05) is 6.61 Å². The van der Waals surface area contributed by atoms with Crippen molar-refractivity contribution in [3.05, 3.63) is 29.6 Å². The van der Waals surface area contributed by atoms with E-state index in [0.717, 1.165) is 18.2 Å². The first-order valence-corrected chi connectivity index (χ1v) is 4.86. The van der Waals surface area contributed by atoms with Gasteiger partial charge in [0.1, 0.15) is 17.1 Å². The fourth-order valence-corrected chi connectivity index (χ4v) is 1.09. The summed E-state index contributed by atoms with van der Waals surface area (Å²) in [6, 6.07) is 3.08. The molecular formula is C11H12FNO4. The molecule has 0 aromatic heterocycles. The highest BCUT2D eigenvalue weighted by Gasteiger charge is 2.15. The van der Waals surface area contributed by atoms with Crippen molar-refractivity contribution in [2.24, 2.45) is 11.7 Å². The van der Waals surface area contributed by atoms with E-state index in [-0.39, 0.29) is 17.9 Å². The Bertz CT molecular complexity index is 447. The molecule has 92 valence electrons. The lowest BCUT2D eigenvalue weighted by Crippen LogP contribution is -2.26. The van der Waals surface area contributed by atoms with Crippen LogP contribution < -0.4 is 10.5 Å². The first kappa shape index (κ1) is 13.0. The van der Waals surface area contributed by atoms with E-state index < -0.39 is 23.6 Å². The molecule has 0 bridgehead atoms. The number of carboxylic acids is 1. The molecule has 1 aromatic rings. The van der Waals surface area contributed by atoms with Crippen molar-refractivity contribution in [3.63, 3.8) is 0 Å². The van der Waals surface area contributed by atoms with Gasteiger partial charge < -0.3 is 15.6 Å². The number of benzene rings is 1. The largest absolute Gasteiger partial charge is 0.492 e. The molecule has 0 radical (unpaired) electrons. The van der Waals surface area contributed by atoms with Gasteiger partial charge in [0.15, 0.2) is 0 Å². The first-order valence-electron chi connectivity index (χ1n) is 4.86. The molecule has 1 atom stereocenters. The summed E-state index contributed by atoms with van der Waals surface area (Å²) in [6.07, 6.45) is 0. The quantitative estimate of drug-likeness (QED) is 0.805. The van der Waals surface area contributed by atoms with Crippen molar-refractivity contribution in [3.8, 4) is 5.75 Å². The number of carbonyl (C=O) groups excluding carboxylic acids is 1. The number of hydrogen-bond donors (Lipinski definition) is 2. The molecule has 1 rings (SSSR count). The zero-order chi connectivity index (χ0) is 13.0. The second-order valence-electron chi connectivity index (χ2n) is 3.56. The highest BCUT2D eigenvalue weighted by atomic mass is 19.1. The molecule has 0 fully saturated rings. The highest BCUT2D eigenvalue weighted by Crippen LogP contribution is 2.20. The molecule has 6 heteroatoms. The Hall–Kier alpha value is -2.11. The Balaban J connectivity index is 2.85. The third-order valence-corrected chi connectivity index (χ3v) is 2.15. The summed E-state index contributed by atoms with van der Waals surface area (Å²) in [5, 5.41) is 8.84. The van der Waals surface area contributed by atoms with Crippen LogP contribution >= 0.6 is 0 Å². The maximum Gasteiger partial charge on any atom is 0.339 e. The lowest BCUT2D eigenvalue weighted by atomic mass is 10.1. The maximum atomic E-state index is 12.9. The fraction of sp³-hybridized carbons (Fsp3) is 0.273. The average Bonchev–Trinajstić information content (AvgIpc) is 2.25. The first-order chi connectivity index (χ1) is 7.91. The molecule has 5 nitrogen and oxygen atoms in total. The molecule has 0 saturated heterocycles. The van der Waals surface area contributed by atoms with Gasteiger partial charge in [-0.1, -0.05) is 6.92 Å². The summed E-state index contributed by atoms with van der Waals surface area (Å²) >= 11 is 0. The minimum Gasteiger partial charge on any atom is -0.492 e. The van der Waals surface area contributed by atoms with Gasteiger partial charge in [0.2, 0.25) is 5.91 Å². The topological polar surface area (TPSA) is 89.6 Å². The summed E-state index contributed by atoms with van der Waals surface area (Å²) in [5.74, 6) is -3.12. The van der Waals surface area contributed by atoms with Gasteiger partial charge in [0.25, 0.3) is 0 Å². The van der Waals surface area contributed by atoms with E-state index in [1.165, 1.54) is 6.92 Å². The van der Waals surface area contributed by atoms with Crippen LogP contribution in [0.15, 0.2) is 18.2 Å². The second-order valence-corrected chi connectivity index (χ2v) is 3.56. The molecule has 1 unspecified atom stereocenters.